The van der Waals surface area contributed by atoms with Crippen LogP contribution in [0.3, 0.4) is 0 Å². The van der Waals surface area contributed by atoms with Gasteiger partial charge in [-0.05, 0) is 61.0 Å². The second kappa shape index (κ2) is 12.7. The molecule has 3 rings (SSSR count). The summed E-state index contributed by atoms with van der Waals surface area (Å²) in [6.07, 6.45) is 2.31. The molecule has 0 bridgehead atoms. The highest BCUT2D eigenvalue weighted by atomic mass is 35.5. The molecule has 0 heterocycles. The highest BCUT2D eigenvalue weighted by Gasteiger charge is 2.13. The Kier molecular flexibility index (Phi) is 9.42. The summed E-state index contributed by atoms with van der Waals surface area (Å²) in [5.74, 6) is 1.22. The molecule has 180 valence electrons. The van der Waals surface area contributed by atoms with E-state index in [1.165, 1.54) is 6.08 Å². The molecule has 0 aromatic heterocycles. The summed E-state index contributed by atoms with van der Waals surface area (Å²) in [5, 5.41) is 13.4. The highest BCUT2D eigenvalue weighted by molar-refractivity contribution is 6.35. The Morgan fingerprint density at radius 1 is 1.03 bits per heavy atom. The monoisotopic (exact) mass is 510 g/mol. The third-order valence-corrected chi connectivity index (χ3v) is 5.46. The highest BCUT2D eigenvalue weighted by Crippen LogP contribution is 2.28. The van der Waals surface area contributed by atoms with E-state index in [1.54, 1.807) is 67.8 Å². The summed E-state index contributed by atoms with van der Waals surface area (Å²) in [4.78, 5) is 12.7. The number of nitrogens with zero attached hydrogens (tertiary/aromatic N) is 1. The van der Waals surface area contributed by atoms with Crippen LogP contribution in [0.4, 0.5) is 5.69 Å². The van der Waals surface area contributed by atoms with Gasteiger partial charge in [0.2, 0.25) is 0 Å². The molecular weight excluding hydrogens is 487 g/mol. The van der Waals surface area contributed by atoms with E-state index in [2.05, 4.69) is 5.32 Å². The number of rotatable bonds is 10. The second-order valence-corrected chi connectivity index (χ2v) is 8.27. The molecule has 0 aliphatic rings. The maximum absolute atomic E-state index is 12.7. The summed E-state index contributed by atoms with van der Waals surface area (Å²) in [6.45, 7) is 2.76. The Labute approximate surface area is 214 Å². The minimum Gasteiger partial charge on any atom is -0.497 e. The normalized spacial score (nSPS) is 10.9. The number of benzene rings is 3. The molecule has 0 saturated carbocycles. The van der Waals surface area contributed by atoms with Crippen molar-refractivity contribution in [2.75, 3.05) is 19.0 Å². The SMILES string of the molecule is CCCOc1cc(OC)ccc1/C=C(\C#N)C(=O)Nc1ccc(OCc2ccc(Cl)cc2Cl)cc1. The fourth-order valence-electron chi connectivity index (χ4n) is 3.03. The van der Waals surface area contributed by atoms with Gasteiger partial charge in [-0.15, -0.1) is 0 Å². The van der Waals surface area contributed by atoms with Gasteiger partial charge in [0.05, 0.1) is 13.7 Å². The number of carbonyl (C=O) groups excluding carboxylic acids is 1. The zero-order chi connectivity index (χ0) is 25.2. The number of hydrogen-bond acceptors (Lipinski definition) is 5. The van der Waals surface area contributed by atoms with Gasteiger partial charge in [-0.1, -0.05) is 36.2 Å². The molecule has 3 aromatic carbocycles. The first-order valence-corrected chi connectivity index (χ1v) is 11.6. The van der Waals surface area contributed by atoms with Crippen molar-refractivity contribution >= 4 is 40.9 Å². The van der Waals surface area contributed by atoms with Crippen LogP contribution in [0.5, 0.6) is 17.2 Å². The largest absolute Gasteiger partial charge is 0.497 e. The summed E-state index contributed by atoms with van der Waals surface area (Å²) in [7, 11) is 1.56. The van der Waals surface area contributed by atoms with E-state index >= 15 is 0 Å². The Morgan fingerprint density at radius 2 is 1.77 bits per heavy atom. The fourth-order valence-corrected chi connectivity index (χ4v) is 3.50. The average Bonchev–Trinajstić information content (AvgIpc) is 2.86. The van der Waals surface area contributed by atoms with Crippen LogP contribution in [0.25, 0.3) is 6.08 Å². The van der Waals surface area contributed by atoms with Crippen LogP contribution in [0.2, 0.25) is 10.0 Å². The maximum Gasteiger partial charge on any atom is 0.266 e. The predicted octanol–water partition coefficient (Wildman–Crippen LogP) is 6.92. The van der Waals surface area contributed by atoms with Crippen molar-refractivity contribution in [3.63, 3.8) is 0 Å². The van der Waals surface area contributed by atoms with Gasteiger partial charge in [-0.2, -0.15) is 5.26 Å². The third-order valence-electron chi connectivity index (χ3n) is 4.87. The topological polar surface area (TPSA) is 80.6 Å². The molecule has 0 fully saturated rings. The van der Waals surface area contributed by atoms with Gasteiger partial charge in [-0.25, -0.2) is 0 Å². The van der Waals surface area contributed by atoms with Crippen molar-refractivity contribution in [1.82, 2.24) is 0 Å². The van der Waals surface area contributed by atoms with Crippen LogP contribution < -0.4 is 19.5 Å². The van der Waals surface area contributed by atoms with Crippen LogP contribution in [-0.4, -0.2) is 19.6 Å². The number of carbonyl (C=O) groups is 1. The van der Waals surface area contributed by atoms with Crippen LogP contribution in [0.15, 0.2) is 66.2 Å². The van der Waals surface area contributed by atoms with E-state index in [0.29, 0.717) is 45.2 Å². The molecule has 0 saturated heterocycles. The molecule has 0 aliphatic carbocycles. The van der Waals surface area contributed by atoms with Crippen molar-refractivity contribution in [3.8, 4) is 23.3 Å². The molecule has 0 unspecified atom stereocenters. The molecule has 8 heteroatoms. The summed E-state index contributed by atoms with van der Waals surface area (Å²) in [6, 6.07) is 19.2. The number of amides is 1. The Bertz CT molecular complexity index is 1250. The quantitative estimate of drug-likeness (QED) is 0.236. The minimum atomic E-state index is -0.536. The van der Waals surface area contributed by atoms with Crippen molar-refractivity contribution < 1.29 is 19.0 Å². The van der Waals surface area contributed by atoms with E-state index in [9.17, 15) is 10.1 Å². The van der Waals surface area contributed by atoms with Gasteiger partial charge in [0.1, 0.15) is 35.5 Å². The van der Waals surface area contributed by atoms with E-state index < -0.39 is 5.91 Å². The van der Waals surface area contributed by atoms with Crippen LogP contribution >= 0.6 is 23.2 Å². The molecule has 0 aliphatic heterocycles. The molecule has 3 aromatic rings. The van der Waals surface area contributed by atoms with Crippen molar-refractivity contribution in [1.29, 1.82) is 5.26 Å². The van der Waals surface area contributed by atoms with Gasteiger partial charge >= 0.3 is 0 Å². The van der Waals surface area contributed by atoms with E-state index in [-0.39, 0.29) is 12.2 Å². The Balaban J connectivity index is 1.68. The molecule has 0 atom stereocenters. The first-order valence-electron chi connectivity index (χ1n) is 10.8. The fraction of sp³-hybridized carbons (Fsp3) is 0.185. The first-order chi connectivity index (χ1) is 16.9. The number of methoxy groups -OCH3 is 1. The second-order valence-electron chi connectivity index (χ2n) is 7.42. The van der Waals surface area contributed by atoms with Crippen molar-refractivity contribution in [2.24, 2.45) is 0 Å². The lowest BCUT2D eigenvalue weighted by atomic mass is 10.1. The van der Waals surface area contributed by atoms with E-state index in [4.69, 9.17) is 37.4 Å². The number of ether oxygens (including phenoxy) is 3. The molecule has 35 heavy (non-hydrogen) atoms. The lowest BCUT2D eigenvalue weighted by molar-refractivity contribution is -0.112. The molecule has 0 radical (unpaired) electrons. The van der Waals surface area contributed by atoms with Crippen LogP contribution in [0.1, 0.15) is 24.5 Å². The summed E-state index contributed by atoms with van der Waals surface area (Å²) >= 11 is 12.1. The molecule has 0 spiro atoms. The van der Waals surface area contributed by atoms with Gasteiger partial charge in [0.15, 0.2) is 0 Å². The Hall–Kier alpha value is -3.66. The molecule has 1 amide bonds. The minimum absolute atomic E-state index is 0.0609. The number of halogens is 2. The lowest BCUT2D eigenvalue weighted by Crippen LogP contribution is -2.13. The summed E-state index contributed by atoms with van der Waals surface area (Å²) < 4.78 is 16.8. The summed E-state index contributed by atoms with van der Waals surface area (Å²) in [5.41, 5.74) is 1.87. The first kappa shape index (κ1) is 26.0. The third kappa shape index (κ3) is 7.41. The zero-order valence-corrected chi connectivity index (χ0v) is 20.8. The number of nitrogens with one attached hydrogen (secondary N) is 1. The van der Waals surface area contributed by atoms with Crippen LogP contribution in [-0.2, 0) is 11.4 Å². The van der Waals surface area contributed by atoms with Gasteiger partial charge < -0.3 is 19.5 Å². The zero-order valence-electron chi connectivity index (χ0n) is 19.3. The standard InChI is InChI=1S/C27H24Cl2N2O4/c1-3-12-34-26-15-24(33-2)9-5-18(26)13-20(16-30)27(32)31-22-7-10-23(11-8-22)35-17-19-4-6-21(28)14-25(19)29/h4-11,13-15H,3,12,17H2,1-2H3,(H,31,32)/b20-13+. The number of nitriles is 1. The van der Waals surface area contributed by atoms with Crippen molar-refractivity contribution in [2.45, 2.75) is 20.0 Å². The number of anilines is 1. The smallest absolute Gasteiger partial charge is 0.266 e. The van der Waals surface area contributed by atoms with E-state index in [1.807, 2.05) is 13.0 Å². The van der Waals surface area contributed by atoms with Crippen molar-refractivity contribution in [3.05, 3.63) is 87.4 Å². The maximum atomic E-state index is 12.7. The van der Waals surface area contributed by atoms with Crippen LogP contribution in [0, 0.1) is 11.3 Å². The molecule has 6 nitrogen and oxygen atoms in total. The average molecular weight is 511 g/mol. The van der Waals surface area contributed by atoms with Gasteiger partial charge in [0, 0.05) is 32.9 Å². The van der Waals surface area contributed by atoms with Gasteiger partial charge in [-0.3, -0.25) is 4.79 Å². The van der Waals surface area contributed by atoms with E-state index in [0.717, 1.165) is 12.0 Å². The predicted molar refractivity (Wildman–Crippen MR) is 138 cm³/mol. The van der Waals surface area contributed by atoms with Gasteiger partial charge in [0.25, 0.3) is 5.91 Å². The Morgan fingerprint density at radius 3 is 2.43 bits per heavy atom. The molecule has 1 N–H and O–H groups in total. The molecular formula is C27H24Cl2N2O4. The number of hydrogen-bond donors (Lipinski definition) is 1. The lowest BCUT2D eigenvalue weighted by Gasteiger charge is -2.11.